The van der Waals surface area contributed by atoms with Gasteiger partial charge in [-0.05, 0) is 33.6 Å². The van der Waals surface area contributed by atoms with Gasteiger partial charge in [0.1, 0.15) is 5.60 Å². The summed E-state index contributed by atoms with van der Waals surface area (Å²) in [6.45, 7) is 7.24. The molecule has 2 aliphatic heterocycles. The molecule has 2 unspecified atom stereocenters. The molecule has 0 aliphatic carbocycles. The molecule has 0 radical (unpaired) electrons. The Morgan fingerprint density at radius 3 is 2.50 bits per heavy atom. The Bertz CT molecular complexity index is 561. The quantitative estimate of drug-likeness (QED) is 0.795. The van der Waals surface area contributed by atoms with Crippen LogP contribution in [0.2, 0.25) is 5.15 Å². The third-order valence-electron chi connectivity index (χ3n) is 4.06. The van der Waals surface area contributed by atoms with Crippen LogP contribution in [0.3, 0.4) is 0 Å². The van der Waals surface area contributed by atoms with Gasteiger partial charge >= 0.3 is 6.09 Å². The number of hydrogen-bond donors (Lipinski definition) is 0. The molecule has 120 valence electrons. The minimum atomic E-state index is -0.462. The number of hydrogen-bond acceptors (Lipinski definition) is 5. The largest absolute Gasteiger partial charge is 0.444 e. The number of carbonyl (C=O) groups excluding carboxylic acids is 1. The molecule has 7 heteroatoms. The molecule has 2 aliphatic rings. The number of halogens is 1. The Kier molecular flexibility index (Phi) is 3.89. The van der Waals surface area contributed by atoms with Gasteiger partial charge in [0, 0.05) is 19.2 Å². The van der Waals surface area contributed by atoms with Gasteiger partial charge in [-0.15, -0.1) is 5.10 Å². The van der Waals surface area contributed by atoms with Crippen molar-refractivity contribution in [2.24, 2.45) is 0 Å². The van der Waals surface area contributed by atoms with Crippen molar-refractivity contribution in [1.29, 1.82) is 0 Å². The van der Waals surface area contributed by atoms with Crippen LogP contribution < -0.4 is 4.90 Å². The molecule has 1 aromatic heterocycles. The molecule has 1 aromatic rings. The minimum absolute atomic E-state index is 0.181. The lowest BCUT2D eigenvalue weighted by atomic mass is 10.1. The molecule has 2 saturated heterocycles. The average molecular weight is 325 g/mol. The second kappa shape index (κ2) is 5.57. The molecule has 2 bridgehead atoms. The molecule has 2 fully saturated rings. The number of amides is 1. The number of ether oxygens (including phenoxy) is 1. The Labute approximate surface area is 135 Å². The topological polar surface area (TPSA) is 58.6 Å². The van der Waals surface area contributed by atoms with Gasteiger partial charge in [0.25, 0.3) is 0 Å². The summed E-state index contributed by atoms with van der Waals surface area (Å²) >= 11 is 5.92. The number of nitrogens with zero attached hydrogens (tertiary/aromatic N) is 4. The lowest BCUT2D eigenvalue weighted by molar-refractivity contribution is 0.0123. The van der Waals surface area contributed by atoms with Crippen molar-refractivity contribution in [2.75, 3.05) is 18.0 Å². The number of piperazine rings is 1. The molecular weight excluding hydrogens is 304 g/mol. The van der Waals surface area contributed by atoms with E-state index in [4.69, 9.17) is 16.3 Å². The van der Waals surface area contributed by atoms with Gasteiger partial charge in [0.15, 0.2) is 5.15 Å². The first-order chi connectivity index (χ1) is 10.3. The summed E-state index contributed by atoms with van der Waals surface area (Å²) in [6, 6.07) is 2.18. The maximum absolute atomic E-state index is 12.4. The van der Waals surface area contributed by atoms with Crippen molar-refractivity contribution in [1.82, 2.24) is 15.1 Å². The van der Waals surface area contributed by atoms with Crippen LogP contribution in [0.1, 0.15) is 33.6 Å². The maximum Gasteiger partial charge on any atom is 0.410 e. The second-order valence-electron chi connectivity index (χ2n) is 6.91. The molecule has 3 heterocycles. The Morgan fingerprint density at radius 1 is 1.32 bits per heavy atom. The van der Waals surface area contributed by atoms with Crippen LogP contribution in [0.5, 0.6) is 0 Å². The van der Waals surface area contributed by atoms with Crippen LogP contribution >= 0.6 is 11.6 Å². The van der Waals surface area contributed by atoms with Crippen molar-refractivity contribution in [2.45, 2.75) is 51.3 Å². The van der Waals surface area contributed by atoms with E-state index in [9.17, 15) is 4.79 Å². The number of rotatable bonds is 1. The van der Waals surface area contributed by atoms with E-state index in [-0.39, 0.29) is 18.2 Å². The van der Waals surface area contributed by atoms with E-state index in [0.29, 0.717) is 5.15 Å². The van der Waals surface area contributed by atoms with E-state index in [0.717, 1.165) is 31.6 Å². The van der Waals surface area contributed by atoms with E-state index < -0.39 is 5.60 Å². The number of carbonyl (C=O) groups is 1. The number of anilines is 1. The molecule has 0 saturated carbocycles. The molecule has 3 rings (SSSR count). The normalized spacial score (nSPS) is 24.5. The molecule has 0 N–H and O–H groups in total. The summed E-state index contributed by atoms with van der Waals surface area (Å²) < 4.78 is 5.54. The lowest BCUT2D eigenvalue weighted by Gasteiger charge is -2.42. The van der Waals surface area contributed by atoms with Gasteiger partial charge < -0.3 is 9.64 Å². The standard InChI is InChI=1S/C15H21ClN4O2/c1-15(2,3)22-14(21)20-10-4-5-11(20)9-19(8-10)12-6-13(16)18-17-7-12/h6-7,10-11H,4-5,8-9H2,1-3H3. The van der Waals surface area contributed by atoms with Gasteiger partial charge in [-0.25, -0.2) is 4.79 Å². The summed E-state index contributed by atoms with van der Waals surface area (Å²) in [6.07, 6.45) is 3.53. The zero-order chi connectivity index (χ0) is 15.9. The zero-order valence-electron chi connectivity index (χ0n) is 13.1. The van der Waals surface area contributed by atoms with Crippen molar-refractivity contribution in [3.63, 3.8) is 0 Å². The molecule has 6 nitrogen and oxygen atoms in total. The third kappa shape index (κ3) is 3.11. The fourth-order valence-corrected chi connectivity index (χ4v) is 3.39. The smallest absolute Gasteiger partial charge is 0.410 e. The van der Waals surface area contributed by atoms with Crippen LogP contribution in [0, 0.1) is 0 Å². The SMILES string of the molecule is CC(C)(C)OC(=O)N1C2CCC1CN(c1cnnc(Cl)c1)C2. The fraction of sp³-hybridized carbons (Fsp3) is 0.667. The van der Waals surface area contributed by atoms with Gasteiger partial charge in [0.2, 0.25) is 0 Å². The van der Waals surface area contributed by atoms with E-state index in [2.05, 4.69) is 15.1 Å². The van der Waals surface area contributed by atoms with Crippen molar-refractivity contribution in [3.8, 4) is 0 Å². The highest BCUT2D eigenvalue weighted by atomic mass is 35.5. The summed E-state index contributed by atoms with van der Waals surface area (Å²) in [5, 5.41) is 8.07. The first kappa shape index (κ1) is 15.3. The van der Waals surface area contributed by atoms with Crippen LogP contribution in [0.4, 0.5) is 10.5 Å². The molecule has 1 amide bonds. The van der Waals surface area contributed by atoms with Crippen molar-refractivity contribution >= 4 is 23.4 Å². The first-order valence-electron chi connectivity index (χ1n) is 7.58. The number of fused-ring (bicyclic) bond motifs is 2. The van der Waals surface area contributed by atoms with Crippen molar-refractivity contribution in [3.05, 3.63) is 17.4 Å². The van der Waals surface area contributed by atoms with E-state index in [1.807, 2.05) is 31.7 Å². The zero-order valence-corrected chi connectivity index (χ0v) is 13.9. The second-order valence-corrected chi connectivity index (χ2v) is 7.30. The highest BCUT2D eigenvalue weighted by Gasteiger charge is 2.44. The summed E-state index contributed by atoms with van der Waals surface area (Å²) in [5.41, 5.74) is 0.497. The van der Waals surface area contributed by atoms with Crippen LogP contribution in [0.15, 0.2) is 12.3 Å². The van der Waals surface area contributed by atoms with Crippen molar-refractivity contribution < 1.29 is 9.53 Å². The fourth-order valence-electron chi connectivity index (χ4n) is 3.23. The van der Waals surface area contributed by atoms with E-state index in [1.165, 1.54) is 0 Å². The summed E-state index contributed by atoms with van der Waals surface area (Å²) in [7, 11) is 0. The van der Waals surface area contributed by atoms with Crippen LogP contribution in [-0.2, 0) is 4.74 Å². The lowest BCUT2D eigenvalue weighted by Crippen LogP contribution is -2.56. The van der Waals surface area contributed by atoms with Gasteiger partial charge in [-0.3, -0.25) is 4.90 Å². The minimum Gasteiger partial charge on any atom is -0.444 e. The van der Waals surface area contributed by atoms with E-state index >= 15 is 0 Å². The average Bonchev–Trinajstić information content (AvgIpc) is 2.68. The predicted molar refractivity (Wildman–Crippen MR) is 84.1 cm³/mol. The molecule has 2 atom stereocenters. The number of aromatic nitrogens is 2. The highest BCUT2D eigenvalue weighted by molar-refractivity contribution is 6.29. The van der Waals surface area contributed by atoms with E-state index in [1.54, 1.807) is 6.20 Å². The first-order valence-corrected chi connectivity index (χ1v) is 7.96. The molecule has 0 aromatic carbocycles. The Hall–Kier alpha value is -1.56. The highest BCUT2D eigenvalue weighted by Crippen LogP contribution is 2.33. The van der Waals surface area contributed by atoms with Crippen LogP contribution in [-0.4, -0.2) is 52.0 Å². The Balaban J connectivity index is 1.73. The predicted octanol–water partition coefficient (Wildman–Crippen LogP) is 2.72. The molecule has 0 spiro atoms. The summed E-state index contributed by atoms with van der Waals surface area (Å²) in [4.78, 5) is 16.6. The summed E-state index contributed by atoms with van der Waals surface area (Å²) in [5.74, 6) is 0. The Morgan fingerprint density at radius 2 is 1.95 bits per heavy atom. The van der Waals surface area contributed by atoms with Gasteiger partial charge in [-0.1, -0.05) is 11.6 Å². The maximum atomic E-state index is 12.4. The molecule has 22 heavy (non-hydrogen) atoms. The van der Waals surface area contributed by atoms with Gasteiger partial charge in [-0.2, -0.15) is 5.10 Å². The molecular formula is C15H21ClN4O2. The monoisotopic (exact) mass is 324 g/mol. The van der Waals surface area contributed by atoms with Crippen LogP contribution in [0.25, 0.3) is 0 Å². The van der Waals surface area contributed by atoms with Gasteiger partial charge in [0.05, 0.1) is 24.0 Å². The third-order valence-corrected chi connectivity index (χ3v) is 4.25.